The maximum Gasteiger partial charge on any atom is 0.248 e. The first-order valence-corrected chi connectivity index (χ1v) is 10.1. The number of hydrogen-bond acceptors (Lipinski definition) is 6. The monoisotopic (exact) mass is 446 g/mol. The highest BCUT2D eigenvalue weighted by molar-refractivity contribution is 6.46. The summed E-state index contributed by atoms with van der Waals surface area (Å²) < 4.78 is 5.36. The number of hydrogen-bond donors (Lipinski definition) is 1. The Hall–Kier alpha value is -2.61. The molecule has 1 aromatic carbocycles. The quantitative estimate of drug-likeness (QED) is 0.646. The lowest BCUT2D eigenvalue weighted by Gasteiger charge is -2.22. The van der Waals surface area contributed by atoms with Gasteiger partial charge in [-0.3, -0.25) is 9.78 Å². The van der Waals surface area contributed by atoms with Crippen LogP contribution in [0.4, 0.5) is 5.82 Å². The molecule has 1 aliphatic heterocycles. The van der Waals surface area contributed by atoms with Gasteiger partial charge in [-0.15, -0.1) is 0 Å². The number of rotatable bonds is 5. The molecule has 1 amide bonds. The minimum absolute atomic E-state index is 0.293. The summed E-state index contributed by atoms with van der Waals surface area (Å²) in [5, 5.41) is 10.7. The second-order valence-corrected chi connectivity index (χ2v) is 7.88. The van der Waals surface area contributed by atoms with Crippen molar-refractivity contribution in [2.45, 2.75) is 19.6 Å². The number of carbonyl (C=O) groups is 1. The first-order valence-electron chi connectivity index (χ1n) is 9.30. The van der Waals surface area contributed by atoms with E-state index in [4.69, 9.17) is 32.9 Å². The van der Waals surface area contributed by atoms with Gasteiger partial charge in [-0.2, -0.15) is 0 Å². The third kappa shape index (κ3) is 3.53. The lowest BCUT2D eigenvalue weighted by molar-refractivity contribution is -0.134. The molecule has 7 nitrogen and oxygen atoms in total. The summed E-state index contributed by atoms with van der Waals surface area (Å²) in [4.78, 5) is 24.8. The highest BCUT2D eigenvalue weighted by Crippen LogP contribution is 2.43. The summed E-state index contributed by atoms with van der Waals surface area (Å²) in [6.07, 6.45) is 3.52. The second kappa shape index (κ2) is 8.26. The summed E-state index contributed by atoms with van der Waals surface area (Å²) in [5.74, 6) is 0.812. The molecule has 0 fully saturated rings. The van der Waals surface area contributed by atoms with E-state index in [1.807, 2.05) is 24.1 Å². The molecule has 3 heterocycles. The number of aliphatic hydroxyl groups is 1. The van der Waals surface area contributed by atoms with Crippen molar-refractivity contribution in [3.63, 3.8) is 0 Å². The van der Waals surface area contributed by atoms with Crippen LogP contribution in [0.5, 0.6) is 5.75 Å². The smallest absolute Gasteiger partial charge is 0.248 e. The van der Waals surface area contributed by atoms with Crippen molar-refractivity contribution in [1.82, 2.24) is 14.9 Å². The molecule has 0 atom stereocenters. The van der Waals surface area contributed by atoms with Gasteiger partial charge in [0.05, 0.1) is 24.2 Å². The number of pyridine rings is 2. The minimum Gasteiger partial charge on any atom is -0.495 e. The second-order valence-electron chi connectivity index (χ2n) is 7.12. The van der Waals surface area contributed by atoms with Gasteiger partial charge in [0.2, 0.25) is 5.91 Å². The highest BCUT2D eigenvalue weighted by atomic mass is 35.5. The third-order valence-corrected chi connectivity index (χ3v) is 6.07. The fourth-order valence-electron chi connectivity index (χ4n) is 3.77. The molecule has 1 N–H and O–H groups in total. The van der Waals surface area contributed by atoms with E-state index in [-0.39, 0.29) is 5.91 Å². The molecule has 3 aromatic rings. The molecule has 4 rings (SSSR count). The number of anilines is 1. The van der Waals surface area contributed by atoms with Crippen LogP contribution in [-0.2, 0) is 24.4 Å². The van der Waals surface area contributed by atoms with E-state index in [0.29, 0.717) is 46.8 Å². The van der Waals surface area contributed by atoms with Crippen LogP contribution >= 0.6 is 23.2 Å². The summed E-state index contributed by atoms with van der Waals surface area (Å²) in [5.41, 5.74) is 3.41. The van der Waals surface area contributed by atoms with Crippen molar-refractivity contribution in [1.29, 1.82) is 0 Å². The van der Waals surface area contributed by atoms with Gasteiger partial charge in [-0.1, -0.05) is 29.3 Å². The van der Waals surface area contributed by atoms with E-state index in [0.717, 1.165) is 22.1 Å². The zero-order valence-corrected chi connectivity index (χ0v) is 18.0. The minimum atomic E-state index is -0.546. The van der Waals surface area contributed by atoms with Crippen LogP contribution in [-0.4, -0.2) is 46.6 Å². The summed E-state index contributed by atoms with van der Waals surface area (Å²) in [6.45, 7) is 0.736. The van der Waals surface area contributed by atoms with E-state index in [1.165, 1.54) is 7.11 Å². The molecule has 9 heteroatoms. The molecule has 0 saturated heterocycles. The Morgan fingerprint density at radius 1 is 1.30 bits per heavy atom. The van der Waals surface area contributed by atoms with E-state index in [9.17, 15) is 9.90 Å². The summed E-state index contributed by atoms with van der Waals surface area (Å²) in [7, 11) is 3.45. The Kier molecular flexibility index (Phi) is 5.69. The standard InChI is InChI=1S/C21H20Cl2N4O3/c1-26(8-12-4-3-5-24-7-12)21-15-10-27(17(29)11-28)9-14(15)13-6-16(30-2)18(22)19(23)20(13)25-21/h3-7,28H,8-11H2,1-2H3. The molecule has 1 aliphatic rings. The van der Waals surface area contributed by atoms with E-state index < -0.39 is 6.61 Å². The Labute approximate surface area is 183 Å². The van der Waals surface area contributed by atoms with Crippen LogP contribution < -0.4 is 9.64 Å². The Balaban J connectivity index is 1.88. The van der Waals surface area contributed by atoms with Crippen LogP contribution in [0.15, 0.2) is 30.6 Å². The number of nitrogens with zero attached hydrogens (tertiary/aromatic N) is 4. The molecule has 0 radical (unpaired) electrons. The van der Waals surface area contributed by atoms with E-state index in [1.54, 1.807) is 23.4 Å². The van der Waals surface area contributed by atoms with Gasteiger partial charge < -0.3 is 19.6 Å². The third-order valence-electron chi connectivity index (χ3n) is 5.23. The lowest BCUT2D eigenvalue weighted by Crippen LogP contribution is -2.28. The number of halogens is 2. The number of aliphatic hydroxyl groups excluding tert-OH is 1. The zero-order chi connectivity index (χ0) is 21.4. The largest absolute Gasteiger partial charge is 0.495 e. The van der Waals surface area contributed by atoms with Gasteiger partial charge in [-0.25, -0.2) is 4.98 Å². The summed E-state index contributed by atoms with van der Waals surface area (Å²) in [6, 6.07) is 5.67. The van der Waals surface area contributed by atoms with E-state index in [2.05, 4.69) is 4.98 Å². The highest BCUT2D eigenvalue weighted by Gasteiger charge is 2.30. The van der Waals surface area contributed by atoms with Crippen molar-refractivity contribution in [3.05, 3.63) is 57.3 Å². The molecule has 0 bridgehead atoms. The van der Waals surface area contributed by atoms with E-state index >= 15 is 0 Å². The normalized spacial score (nSPS) is 12.9. The number of fused-ring (bicyclic) bond motifs is 3. The van der Waals surface area contributed by atoms with Gasteiger partial charge in [0, 0.05) is 43.5 Å². The number of carbonyl (C=O) groups excluding carboxylic acids is 1. The van der Waals surface area contributed by atoms with Gasteiger partial charge in [0.15, 0.2) is 0 Å². The van der Waals surface area contributed by atoms with Gasteiger partial charge in [-0.05, 0) is 23.3 Å². The molecule has 0 saturated carbocycles. The van der Waals surface area contributed by atoms with Crippen molar-refractivity contribution < 1.29 is 14.6 Å². The molecule has 30 heavy (non-hydrogen) atoms. The fourth-order valence-corrected chi connectivity index (χ4v) is 4.23. The van der Waals surface area contributed by atoms with Gasteiger partial charge >= 0.3 is 0 Å². The maximum absolute atomic E-state index is 12.2. The van der Waals surface area contributed by atoms with Crippen LogP contribution in [0.1, 0.15) is 16.7 Å². The van der Waals surface area contributed by atoms with Crippen LogP contribution in [0, 0.1) is 0 Å². The molecular formula is C21H20Cl2N4O3. The van der Waals surface area contributed by atoms with Gasteiger partial charge in [0.1, 0.15) is 23.2 Å². The number of benzene rings is 1. The first kappa shape index (κ1) is 20.7. The zero-order valence-electron chi connectivity index (χ0n) is 16.5. The number of amides is 1. The van der Waals surface area contributed by atoms with Gasteiger partial charge in [0.25, 0.3) is 0 Å². The molecule has 156 valence electrons. The predicted molar refractivity (Wildman–Crippen MR) is 116 cm³/mol. The SMILES string of the molecule is COc1cc2c3c(c(N(C)Cc4cccnc4)nc2c(Cl)c1Cl)CN(C(=O)CO)C3. The van der Waals surface area contributed by atoms with Crippen molar-refractivity contribution in [3.8, 4) is 5.75 Å². The van der Waals surface area contributed by atoms with Crippen LogP contribution in [0.3, 0.4) is 0 Å². The first-order chi connectivity index (χ1) is 14.4. The van der Waals surface area contributed by atoms with Crippen molar-refractivity contribution in [2.75, 3.05) is 25.7 Å². The number of methoxy groups -OCH3 is 1. The molecule has 0 spiro atoms. The van der Waals surface area contributed by atoms with Crippen molar-refractivity contribution in [2.24, 2.45) is 0 Å². The fraction of sp³-hybridized carbons (Fsp3) is 0.286. The predicted octanol–water partition coefficient (Wildman–Crippen LogP) is 3.42. The molecule has 0 aliphatic carbocycles. The number of aromatic nitrogens is 2. The maximum atomic E-state index is 12.2. The molecular weight excluding hydrogens is 427 g/mol. The molecule has 2 aromatic heterocycles. The number of ether oxygens (including phenoxy) is 1. The molecule has 0 unspecified atom stereocenters. The Bertz CT molecular complexity index is 1120. The van der Waals surface area contributed by atoms with Crippen LogP contribution in [0.25, 0.3) is 10.9 Å². The average molecular weight is 447 g/mol. The van der Waals surface area contributed by atoms with Crippen LogP contribution in [0.2, 0.25) is 10.0 Å². The van der Waals surface area contributed by atoms with Crippen molar-refractivity contribution >= 4 is 45.8 Å². The average Bonchev–Trinajstić information content (AvgIpc) is 3.21. The Morgan fingerprint density at radius 3 is 2.73 bits per heavy atom. The topological polar surface area (TPSA) is 78.8 Å². The lowest BCUT2D eigenvalue weighted by atomic mass is 10.0. The summed E-state index contributed by atoms with van der Waals surface area (Å²) >= 11 is 12.9. The Morgan fingerprint density at radius 2 is 2.07 bits per heavy atom.